The number of carbonyl (C=O) groups is 1. The molecule has 1 aromatic rings. The second-order valence-corrected chi connectivity index (χ2v) is 4.42. The van der Waals surface area contributed by atoms with Crippen LogP contribution in [0.5, 0.6) is 0 Å². The number of rotatable bonds is 4. The summed E-state index contributed by atoms with van der Waals surface area (Å²) in [6, 6.07) is 7.64. The van der Waals surface area contributed by atoms with Crippen LogP contribution in [0.15, 0.2) is 29.8 Å². The van der Waals surface area contributed by atoms with Gasteiger partial charge in [0.05, 0.1) is 6.04 Å². The molecule has 0 amide bonds. The molecule has 1 aliphatic carbocycles. The highest BCUT2D eigenvalue weighted by atomic mass is 16.4. The standard InChI is InChI=1S/C14H17NO2/c1-3-12(14(16)17)15-13-9(2)8-10-6-4-5-7-11(10)13/h4-8,12-13,15H,3H2,1-2H3,(H,16,17)/t12-,13-/m0/s1. The van der Waals surface area contributed by atoms with Crippen LogP contribution in [0.25, 0.3) is 6.08 Å². The first kappa shape index (κ1) is 11.9. The topological polar surface area (TPSA) is 49.3 Å². The molecule has 2 rings (SSSR count). The van der Waals surface area contributed by atoms with Gasteiger partial charge in [0.2, 0.25) is 0 Å². The second-order valence-electron chi connectivity index (χ2n) is 4.42. The lowest BCUT2D eigenvalue weighted by Gasteiger charge is -2.21. The molecule has 2 atom stereocenters. The van der Waals surface area contributed by atoms with E-state index in [1.54, 1.807) is 0 Å². The SMILES string of the molecule is CC[C@H](N[C@H]1C(C)=Cc2ccccc21)C(=O)O. The highest BCUT2D eigenvalue weighted by Gasteiger charge is 2.26. The number of benzene rings is 1. The van der Waals surface area contributed by atoms with Crippen molar-refractivity contribution in [2.45, 2.75) is 32.4 Å². The molecule has 0 heterocycles. The van der Waals surface area contributed by atoms with Crippen molar-refractivity contribution < 1.29 is 9.90 Å². The smallest absolute Gasteiger partial charge is 0.320 e. The third-order valence-corrected chi connectivity index (χ3v) is 3.22. The first-order chi connectivity index (χ1) is 8.13. The van der Waals surface area contributed by atoms with E-state index < -0.39 is 12.0 Å². The number of fused-ring (bicyclic) bond motifs is 1. The van der Waals surface area contributed by atoms with E-state index in [9.17, 15) is 4.79 Å². The predicted molar refractivity (Wildman–Crippen MR) is 67.7 cm³/mol. The molecule has 0 aliphatic heterocycles. The Morgan fingerprint density at radius 3 is 2.82 bits per heavy atom. The maximum Gasteiger partial charge on any atom is 0.320 e. The summed E-state index contributed by atoms with van der Waals surface area (Å²) in [7, 11) is 0. The molecule has 0 fully saturated rings. The van der Waals surface area contributed by atoms with Crippen molar-refractivity contribution in [1.82, 2.24) is 5.32 Å². The summed E-state index contributed by atoms with van der Waals surface area (Å²) < 4.78 is 0. The Labute approximate surface area is 101 Å². The Hall–Kier alpha value is -1.61. The zero-order valence-corrected chi connectivity index (χ0v) is 10.1. The van der Waals surface area contributed by atoms with Crippen molar-refractivity contribution in [3.63, 3.8) is 0 Å². The monoisotopic (exact) mass is 231 g/mol. The maximum absolute atomic E-state index is 11.1. The van der Waals surface area contributed by atoms with Crippen LogP contribution < -0.4 is 5.32 Å². The lowest BCUT2D eigenvalue weighted by Crippen LogP contribution is -2.38. The fraction of sp³-hybridized carbons (Fsp3) is 0.357. The Balaban J connectivity index is 2.23. The molecule has 3 nitrogen and oxygen atoms in total. The van der Waals surface area contributed by atoms with E-state index in [1.807, 2.05) is 26.0 Å². The van der Waals surface area contributed by atoms with Crippen molar-refractivity contribution >= 4 is 12.0 Å². The van der Waals surface area contributed by atoms with Gasteiger partial charge in [-0.15, -0.1) is 0 Å². The molecular weight excluding hydrogens is 214 g/mol. The van der Waals surface area contributed by atoms with Gasteiger partial charge in [-0.25, -0.2) is 0 Å². The Morgan fingerprint density at radius 2 is 2.18 bits per heavy atom. The first-order valence-electron chi connectivity index (χ1n) is 5.89. The average molecular weight is 231 g/mol. The highest BCUT2D eigenvalue weighted by molar-refractivity contribution is 5.74. The number of hydrogen-bond acceptors (Lipinski definition) is 2. The fourth-order valence-corrected chi connectivity index (χ4v) is 2.27. The second kappa shape index (κ2) is 4.72. The van der Waals surface area contributed by atoms with Crippen LogP contribution in [0, 0.1) is 0 Å². The molecule has 0 saturated heterocycles. The molecule has 3 heteroatoms. The largest absolute Gasteiger partial charge is 0.480 e. The van der Waals surface area contributed by atoms with Crippen LogP contribution in [0.3, 0.4) is 0 Å². The number of carboxylic acid groups (broad SMARTS) is 1. The minimum Gasteiger partial charge on any atom is -0.480 e. The van der Waals surface area contributed by atoms with Crippen molar-refractivity contribution in [3.05, 3.63) is 41.0 Å². The molecule has 90 valence electrons. The summed E-state index contributed by atoms with van der Waals surface area (Å²) in [5, 5.41) is 12.3. The summed E-state index contributed by atoms with van der Waals surface area (Å²) in [5.41, 5.74) is 3.53. The number of nitrogens with one attached hydrogen (secondary N) is 1. The van der Waals surface area contributed by atoms with Gasteiger partial charge in [-0.2, -0.15) is 0 Å². The van der Waals surface area contributed by atoms with Crippen LogP contribution in [0.2, 0.25) is 0 Å². The van der Waals surface area contributed by atoms with Gasteiger partial charge < -0.3 is 5.11 Å². The quantitative estimate of drug-likeness (QED) is 0.837. The lowest BCUT2D eigenvalue weighted by molar-refractivity contribution is -0.139. The van der Waals surface area contributed by atoms with E-state index in [2.05, 4.69) is 23.5 Å². The maximum atomic E-state index is 11.1. The molecular formula is C14H17NO2. The van der Waals surface area contributed by atoms with Gasteiger partial charge >= 0.3 is 5.97 Å². The molecule has 0 saturated carbocycles. The molecule has 1 aliphatic rings. The molecule has 0 unspecified atom stereocenters. The Bertz CT molecular complexity index is 465. The van der Waals surface area contributed by atoms with Gasteiger partial charge in [0.25, 0.3) is 0 Å². The van der Waals surface area contributed by atoms with Gasteiger partial charge in [-0.3, -0.25) is 10.1 Å². The zero-order valence-electron chi connectivity index (χ0n) is 10.1. The Kier molecular flexibility index (Phi) is 3.29. The molecule has 0 spiro atoms. The third kappa shape index (κ3) is 2.24. The molecule has 2 N–H and O–H groups in total. The molecule has 0 aromatic heterocycles. The van der Waals surface area contributed by atoms with Crippen molar-refractivity contribution in [3.8, 4) is 0 Å². The van der Waals surface area contributed by atoms with Gasteiger partial charge in [0.1, 0.15) is 6.04 Å². The summed E-state index contributed by atoms with van der Waals surface area (Å²) in [4.78, 5) is 11.1. The summed E-state index contributed by atoms with van der Waals surface area (Å²) in [6.07, 6.45) is 2.70. The van der Waals surface area contributed by atoms with E-state index in [4.69, 9.17) is 5.11 Å². The number of carboxylic acids is 1. The van der Waals surface area contributed by atoms with E-state index in [0.29, 0.717) is 6.42 Å². The number of hydrogen-bond donors (Lipinski definition) is 2. The van der Waals surface area contributed by atoms with Gasteiger partial charge in [-0.1, -0.05) is 42.8 Å². The normalized spacial score (nSPS) is 19.6. The predicted octanol–water partition coefficient (Wildman–Crippen LogP) is 2.60. The molecule has 17 heavy (non-hydrogen) atoms. The third-order valence-electron chi connectivity index (χ3n) is 3.22. The van der Waals surface area contributed by atoms with Crippen molar-refractivity contribution in [2.24, 2.45) is 0 Å². The van der Waals surface area contributed by atoms with E-state index in [-0.39, 0.29) is 6.04 Å². The number of aliphatic carboxylic acids is 1. The van der Waals surface area contributed by atoms with Crippen molar-refractivity contribution in [2.75, 3.05) is 0 Å². The summed E-state index contributed by atoms with van der Waals surface area (Å²) >= 11 is 0. The minimum absolute atomic E-state index is 0.0345. The summed E-state index contributed by atoms with van der Waals surface area (Å²) in [6.45, 7) is 3.91. The van der Waals surface area contributed by atoms with E-state index in [1.165, 1.54) is 16.7 Å². The van der Waals surface area contributed by atoms with Gasteiger partial charge in [0, 0.05) is 0 Å². The van der Waals surface area contributed by atoms with Crippen LogP contribution in [-0.2, 0) is 4.79 Å². The lowest BCUT2D eigenvalue weighted by atomic mass is 10.0. The highest BCUT2D eigenvalue weighted by Crippen LogP contribution is 2.34. The van der Waals surface area contributed by atoms with Crippen LogP contribution in [0.1, 0.15) is 37.4 Å². The van der Waals surface area contributed by atoms with Crippen molar-refractivity contribution in [1.29, 1.82) is 0 Å². The first-order valence-corrected chi connectivity index (χ1v) is 5.89. The summed E-state index contributed by atoms with van der Waals surface area (Å²) in [5.74, 6) is -0.787. The fourth-order valence-electron chi connectivity index (χ4n) is 2.27. The molecule has 0 radical (unpaired) electrons. The van der Waals surface area contributed by atoms with Crippen LogP contribution >= 0.6 is 0 Å². The Morgan fingerprint density at radius 1 is 1.47 bits per heavy atom. The van der Waals surface area contributed by atoms with Gasteiger partial charge in [0.15, 0.2) is 0 Å². The van der Waals surface area contributed by atoms with E-state index >= 15 is 0 Å². The van der Waals surface area contributed by atoms with Gasteiger partial charge in [-0.05, 0) is 24.5 Å². The van der Waals surface area contributed by atoms with Crippen LogP contribution in [-0.4, -0.2) is 17.1 Å². The van der Waals surface area contributed by atoms with Crippen LogP contribution in [0.4, 0.5) is 0 Å². The molecule has 1 aromatic carbocycles. The minimum atomic E-state index is -0.787. The average Bonchev–Trinajstić information content (AvgIpc) is 2.61. The zero-order chi connectivity index (χ0) is 12.4. The van der Waals surface area contributed by atoms with E-state index in [0.717, 1.165) is 0 Å². The molecule has 0 bridgehead atoms.